The molecule has 49 heavy (non-hydrogen) atoms. The minimum Gasteiger partial charge on any atom is -0.493 e. The third-order valence-corrected chi connectivity index (χ3v) is 10.7. The zero-order valence-corrected chi connectivity index (χ0v) is 30.5. The lowest BCUT2D eigenvalue weighted by atomic mass is 10.0. The van der Waals surface area contributed by atoms with Gasteiger partial charge in [0, 0.05) is 40.7 Å². The molecule has 0 saturated heterocycles. The van der Waals surface area contributed by atoms with Crippen molar-refractivity contribution in [2.75, 3.05) is 25.1 Å². The summed E-state index contributed by atoms with van der Waals surface area (Å²) in [5.74, 6) is -0.397. The summed E-state index contributed by atoms with van der Waals surface area (Å²) in [7, 11) is -1.42. The number of rotatable bonds is 15. The van der Waals surface area contributed by atoms with E-state index in [0.29, 0.717) is 27.8 Å². The zero-order valence-electron chi connectivity index (χ0n) is 28.2. The minimum atomic E-state index is -4.32. The van der Waals surface area contributed by atoms with Gasteiger partial charge in [-0.1, -0.05) is 84.2 Å². The minimum absolute atomic E-state index is 0.0169. The smallest absolute Gasteiger partial charge is 0.264 e. The van der Waals surface area contributed by atoms with Gasteiger partial charge in [0.1, 0.15) is 12.6 Å². The van der Waals surface area contributed by atoms with Crippen LogP contribution in [0.2, 0.25) is 10.0 Å². The number of sulfonamides is 1. The predicted octanol–water partition coefficient (Wildman–Crippen LogP) is 7.07. The molecule has 9 nitrogen and oxygen atoms in total. The molecule has 4 rings (SSSR count). The maximum Gasteiger partial charge on any atom is 0.264 e. The number of ether oxygens (including phenoxy) is 2. The lowest BCUT2D eigenvalue weighted by Crippen LogP contribution is -2.54. The largest absolute Gasteiger partial charge is 0.493 e. The molecule has 12 heteroatoms. The molecular formula is C37H41Cl2N3O6S. The van der Waals surface area contributed by atoms with Crippen LogP contribution in [0.15, 0.2) is 95.9 Å². The molecule has 4 aromatic carbocycles. The van der Waals surface area contributed by atoms with Gasteiger partial charge in [-0.05, 0) is 62.2 Å². The van der Waals surface area contributed by atoms with Crippen LogP contribution in [-0.4, -0.2) is 58.0 Å². The summed E-state index contributed by atoms with van der Waals surface area (Å²) in [5, 5.41) is 3.62. The highest BCUT2D eigenvalue weighted by Crippen LogP contribution is 2.34. The Morgan fingerprint density at radius 1 is 0.857 bits per heavy atom. The number of nitrogens with one attached hydrogen (secondary N) is 1. The van der Waals surface area contributed by atoms with Crippen molar-refractivity contribution >= 4 is 50.7 Å². The Hall–Kier alpha value is -4.25. The Morgan fingerprint density at radius 2 is 1.49 bits per heavy atom. The first-order valence-electron chi connectivity index (χ1n) is 15.8. The summed E-state index contributed by atoms with van der Waals surface area (Å²) in [6, 6.07) is 24.0. The molecule has 0 bridgehead atoms. The normalized spacial score (nSPS) is 12.5. The number of methoxy groups -OCH3 is 2. The molecule has 1 N–H and O–H groups in total. The molecule has 2 atom stereocenters. The molecule has 0 heterocycles. The maximum absolute atomic E-state index is 14.8. The van der Waals surface area contributed by atoms with E-state index >= 15 is 0 Å². The summed E-state index contributed by atoms with van der Waals surface area (Å²) in [4.78, 5) is 30.1. The summed E-state index contributed by atoms with van der Waals surface area (Å²) in [5.41, 5.74) is 2.25. The predicted molar refractivity (Wildman–Crippen MR) is 194 cm³/mol. The van der Waals surface area contributed by atoms with Gasteiger partial charge in [-0.3, -0.25) is 13.9 Å². The van der Waals surface area contributed by atoms with E-state index in [1.54, 1.807) is 36.4 Å². The summed E-state index contributed by atoms with van der Waals surface area (Å²) in [6.07, 6.45) is 0.813. The van der Waals surface area contributed by atoms with Crippen LogP contribution in [0.5, 0.6) is 11.5 Å². The number of carbonyl (C=O) groups excluding carboxylic acids is 2. The van der Waals surface area contributed by atoms with E-state index in [1.807, 2.05) is 51.1 Å². The molecule has 4 aromatic rings. The molecule has 0 spiro atoms. The Bertz CT molecular complexity index is 1840. The van der Waals surface area contributed by atoms with Crippen LogP contribution in [0.3, 0.4) is 0 Å². The number of anilines is 1. The van der Waals surface area contributed by atoms with Crippen LogP contribution in [0.1, 0.15) is 37.0 Å². The van der Waals surface area contributed by atoms with Gasteiger partial charge >= 0.3 is 0 Å². The topological polar surface area (TPSA) is 105 Å². The first kappa shape index (κ1) is 37.6. The lowest BCUT2D eigenvalue weighted by molar-refractivity contribution is -0.140. The van der Waals surface area contributed by atoms with E-state index in [9.17, 15) is 18.0 Å². The van der Waals surface area contributed by atoms with Crippen molar-refractivity contribution in [3.05, 3.63) is 118 Å². The van der Waals surface area contributed by atoms with E-state index in [0.717, 1.165) is 15.4 Å². The van der Waals surface area contributed by atoms with Gasteiger partial charge in [0.2, 0.25) is 11.8 Å². The Kier molecular flexibility index (Phi) is 13.0. The van der Waals surface area contributed by atoms with Crippen molar-refractivity contribution in [3.63, 3.8) is 0 Å². The van der Waals surface area contributed by atoms with Crippen molar-refractivity contribution in [1.82, 2.24) is 10.2 Å². The van der Waals surface area contributed by atoms with Crippen LogP contribution in [0, 0.1) is 6.92 Å². The fourth-order valence-electron chi connectivity index (χ4n) is 5.20. The van der Waals surface area contributed by atoms with Crippen molar-refractivity contribution in [3.8, 4) is 11.5 Å². The Morgan fingerprint density at radius 3 is 2.08 bits per heavy atom. The van der Waals surface area contributed by atoms with Crippen LogP contribution >= 0.6 is 23.2 Å². The number of halogens is 2. The Labute approximate surface area is 298 Å². The standard InChI is InChI=1S/C37H41Cl2N3O6S/c1-6-26(3)40-37(44)33(21-27-11-8-7-9-12-27)41(23-30-31(38)13-10-14-32(30)39)36(43)24-42(28-17-20-34(47-4)35(22-28)48-5)49(45,46)29-18-15-25(2)16-19-29/h7-20,22,26,33H,6,21,23-24H2,1-5H3,(H,40,44)/t26-,33-/m1/s1. The molecule has 2 amide bonds. The number of benzene rings is 4. The SMILES string of the molecule is CC[C@@H](C)NC(=O)[C@@H](Cc1ccccc1)N(Cc1c(Cl)cccc1Cl)C(=O)CN(c1ccc(OC)c(OC)c1)S(=O)(=O)c1ccc(C)cc1. The van der Waals surface area contributed by atoms with Crippen LogP contribution in [0.4, 0.5) is 5.69 Å². The molecule has 0 unspecified atom stereocenters. The average molecular weight is 727 g/mol. The highest BCUT2D eigenvalue weighted by molar-refractivity contribution is 7.92. The monoisotopic (exact) mass is 725 g/mol. The van der Waals surface area contributed by atoms with E-state index in [2.05, 4.69) is 5.32 Å². The van der Waals surface area contributed by atoms with E-state index < -0.39 is 34.4 Å². The van der Waals surface area contributed by atoms with Crippen molar-refractivity contribution in [1.29, 1.82) is 0 Å². The van der Waals surface area contributed by atoms with Gasteiger partial charge in [0.15, 0.2) is 11.5 Å². The fraction of sp³-hybridized carbons (Fsp3) is 0.297. The highest BCUT2D eigenvalue weighted by atomic mass is 35.5. The quantitative estimate of drug-likeness (QED) is 0.141. The zero-order chi connectivity index (χ0) is 35.7. The molecule has 0 fully saturated rings. The number of hydrogen-bond donors (Lipinski definition) is 1. The first-order chi connectivity index (χ1) is 23.4. The number of amides is 2. The van der Waals surface area contributed by atoms with Gasteiger partial charge in [0.25, 0.3) is 10.0 Å². The number of nitrogens with zero attached hydrogens (tertiary/aromatic N) is 2. The van der Waals surface area contributed by atoms with Crippen molar-refractivity contribution in [2.24, 2.45) is 0 Å². The first-order valence-corrected chi connectivity index (χ1v) is 18.0. The molecule has 0 aliphatic carbocycles. The van der Waals surface area contributed by atoms with Gasteiger partial charge in [-0.15, -0.1) is 0 Å². The second-order valence-electron chi connectivity index (χ2n) is 11.6. The summed E-state index contributed by atoms with van der Waals surface area (Å²) in [6.45, 7) is 4.85. The molecule has 0 saturated carbocycles. The third-order valence-electron chi connectivity index (χ3n) is 8.21. The number of carbonyl (C=O) groups is 2. The summed E-state index contributed by atoms with van der Waals surface area (Å²) < 4.78 is 40.6. The third kappa shape index (κ3) is 9.26. The van der Waals surface area contributed by atoms with E-state index in [1.165, 1.54) is 43.4 Å². The summed E-state index contributed by atoms with van der Waals surface area (Å²) >= 11 is 13.2. The fourth-order valence-corrected chi connectivity index (χ4v) is 7.12. The second-order valence-corrected chi connectivity index (χ2v) is 14.3. The van der Waals surface area contributed by atoms with E-state index in [-0.39, 0.29) is 35.3 Å². The van der Waals surface area contributed by atoms with E-state index in [4.69, 9.17) is 32.7 Å². The van der Waals surface area contributed by atoms with Gasteiger partial charge in [-0.25, -0.2) is 8.42 Å². The van der Waals surface area contributed by atoms with Crippen LogP contribution in [-0.2, 0) is 32.6 Å². The van der Waals surface area contributed by atoms with Crippen LogP contribution < -0.4 is 19.1 Å². The Balaban J connectivity index is 1.88. The molecule has 0 aromatic heterocycles. The maximum atomic E-state index is 14.8. The molecule has 0 radical (unpaired) electrons. The second kappa shape index (κ2) is 16.9. The molecule has 0 aliphatic heterocycles. The number of aryl methyl sites for hydroxylation is 1. The average Bonchev–Trinajstić information content (AvgIpc) is 3.09. The van der Waals surface area contributed by atoms with Crippen LogP contribution in [0.25, 0.3) is 0 Å². The highest BCUT2D eigenvalue weighted by Gasteiger charge is 2.36. The number of hydrogen-bond acceptors (Lipinski definition) is 6. The molecule has 0 aliphatic rings. The lowest BCUT2D eigenvalue weighted by Gasteiger charge is -2.34. The van der Waals surface area contributed by atoms with Crippen molar-refractivity contribution < 1.29 is 27.5 Å². The van der Waals surface area contributed by atoms with Gasteiger partial charge < -0.3 is 19.7 Å². The molecule has 260 valence electrons. The van der Waals surface area contributed by atoms with Gasteiger partial charge in [-0.2, -0.15) is 0 Å². The van der Waals surface area contributed by atoms with Crippen molar-refractivity contribution in [2.45, 2.75) is 57.1 Å². The van der Waals surface area contributed by atoms with Gasteiger partial charge in [0.05, 0.1) is 24.8 Å². The molecular weight excluding hydrogens is 685 g/mol.